The summed E-state index contributed by atoms with van der Waals surface area (Å²) in [5.41, 5.74) is 1.24. The van der Waals surface area contributed by atoms with Crippen LogP contribution < -0.4 is 9.47 Å². The summed E-state index contributed by atoms with van der Waals surface area (Å²) in [6, 6.07) is 3.81. The van der Waals surface area contributed by atoms with E-state index in [9.17, 15) is 9.59 Å². The largest absolute Gasteiger partial charge is 0.493 e. The van der Waals surface area contributed by atoms with E-state index < -0.39 is 5.60 Å². The summed E-state index contributed by atoms with van der Waals surface area (Å²) in [4.78, 5) is 36.9. The number of hydrogen-bond donors (Lipinski definition) is 0. The van der Waals surface area contributed by atoms with Gasteiger partial charge in [0.1, 0.15) is 18.5 Å². The lowest BCUT2D eigenvalue weighted by molar-refractivity contribution is -0.128. The summed E-state index contributed by atoms with van der Waals surface area (Å²) < 4.78 is 17.1. The van der Waals surface area contributed by atoms with Gasteiger partial charge in [0.15, 0.2) is 11.5 Å². The molecule has 2 aliphatic heterocycles. The highest BCUT2D eigenvalue weighted by molar-refractivity contribution is 5.85. The predicted molar refractivity (Wildman–Crippen MR) is 127 cm³/mol. The van der Waals surface area contributed by atoms with Crippen LogP contribution in [0.25, 0.3) is 10.9 Å². The third kappa shape index (κ3) is 5.51. The molecule has 1 aromatic carbocycles. The first-order chi connectivity index (χ1) is 16.2. The molecule has 2 amide bonds. The number of likely N-dealkylation sites (tertiary alicyclic amines) is 2. The van der Waals surface area contributed by atoms with Crippen LogP contribution in [0, 0.1) is 0 Å². The minimum absolute atomic E-state index is 0.184. The average molecular weight is 471 g/mol. The zero-order valence-electron chi connectivity index (χ0n) is 20.5. The second kappa shape index (κ2) is 10.0. The summed E-state index contributed by atoms with van der Waals surface area (Å²) in [6.07, 6.45) is 4.45. The Morgan fingerprint density at radius 1 is 1.12 bits per heavy atom. The van der Waals surface area contributed by atoms with Gasteiger partial charge in [-0.05, 0) is 46.1 Å². The summed E-state index contributed by atoms with van der Waals surface area (Å²) in [5.74, 6) is 1.61. The Labute approximate surface area is 200 Å². The zero-order valence-corrected chi connectivity index (χ0v) is 20.5. The predicted octanol–water partition coefficient (Wildman–Crippen LogP) is 3.75. The highest BCUT2D eigenvalue weighted by Gasteiger charge is 2.29. The molecule has 2 saturated heterocycles. The van der Waals surface area contributed by atoms with Crippen molar-refractivity contribution in [2.45, 2.75) is 58.0 Å². The lowest BCUT2D eigenvalue weighted by atomic mass is 9.91. The minimum atomic E-state index is -0.503. The summed E-state index contributed by atoms with van der Waals surface area (Å²) in [7, 11) is 1.61. The normalized spacial score (nSPS) is 17.4. The Balaban J connectivity index is 1.46. The molecular weight excluding hydrogens is 436 g/mol. The van der Waals surface area contributed by atoms with Crippen LogP contribution in [-0.2, 0) is 9.53 Å². The maximum Gasteiger partial charge on any atom is 0.410 e. The number of aromatic nitrogens is 2. The van der Waals surface area contributed by atoms with Gasteiger partial charge in [-0.15, -0.1) is 0 Å². The molecule has 0 bridgehead atoms. The zero-order chi connectivity index (χ0) is 24.3. The van der Waals surface area contributed by atoms with Crippen LogP contribution in [0.4, 0.5) is 4.79 Å². The summed E-state index contributed by atoms with van der Waals surface area (Å²) in [5, 5.41) is 0.928. The van der Waals surface area contributed by atoms with Gasteiger partial charge < -0.3 is 24.0 Å². The highest BCUT2D eigenvalue weighted by atomic mass is 16.6. The monoisotopic (exact) mass is 470 g/mol. The van der Waals surface area contributed by atoms with Crippen LogP contribution in [0.3, 0.4) is 0 Å². The first-order valence-corrected chi connectivity index (χ1v) is 12.0. The number of piperidine rings is 1. The Kier molecular flexibility index (Phi) is 7.09. The Hall–Kier alpha value is -3.10. The van der Waals surface area contributed by atoms with E-state index in [1.807, 2.05) is 37.8 Å². The van der Waals surface area contributed by atoms with Gasteiger partial charge >= 0.3 is 6.09 Å². The highest BCUT2D eigenvalue weighted by Crippen LogP contribution is 2.37. The second-order valence-corrected chi connectivity index (χ2v) is 9.85. The number of amides is 2. The molecule has 34 heavy (non-hydrogen) atoms. The molecule has 0 N–H and O–H groups in total. The van der Waals surface area contributed by atoms with Crippen LogP contribution in [-0.4, -0.2) is 77.3 Å². The smallest absolute Gasteiger partial charge is 0.410 e. The van der Waals surface area contributed by atoms with E-state index in [0.717, 1.165) is 42.4 Å². The quantitative estimate of drug-likeness (QED) is 0.635. The Morgan fingerprint density at radius 2 is 1.88 bits per heavy atom. The van der Waals surface area contributed by atoms with Gasteiger partial charge in [0.05, 0.1) is 24.9 Å². The van der Waals surface area contributed by atoms with Gasteiger partial charge in [-0.2, -0.15) is 0 Å². The molecule has 2 aromatic rings. The van der Waals surface area contributed by atoms with Crippen LogP contribution in [0.15, 0.2) is 18.5 Å². The van der Waals surface area contributed by atoms with Crippen molar-refractivity contribution in [1.29, 1.82) is 0 Å². The number of nitrogens with zero attached hydrogens (tertiary/aromatic N) is 4. The van der Waals surface area contributed by atoms with E-state index in [-0.39, 0.29) is 17.9 Å². The van der Waals surface area contributed by atoms with E-state index in [1.54, 1.807) is 18.3 Å². The molecule has 1 aromatic heterocycles. The van der Waals surface area contributed by atoms with Gasteiger partial charge in [-0.3, -0.25) is 4.79 Å². The molecule has 0 atom stereocenters. The van der Waals surface area contributed by atoms with Gasteiger partial charge in [-0.1, -0.05) is 0 Å². The van der Waals surface area contributed by atoms with Crippen molar-refractivity contribution >= 4 is 22.9 Å². The number of benzene rings is 1. The maximum atomic E-state index is 12.4. The SMILES string of the molecule is COc1cc2c(C3CCN(C(=O)OC(C)(C)C)CC3)ncnc2cc1OCCN1CCCC1=O. The van der Waals surface area contributed by atoms with Crippen LogP contribution in [0.5, 0.6) is 11.5 Å². The van der Waals surface area contributed by atoms with Gasteiger partial charge in [0, 0.05) is 43.4 Å². The Morgan fingerprint density at radius 3 is 2.53 bits per heavy atom. The fraction of sp³-hybridized carbons (Fsp3) is 0.600. The number of fused-ring (bicyclic) bond motifs is 1. The molecule has 0 spiro atoms. The molecule has 0 unspecified atom stereocenters. The van der Waals surface area contributed by atoms with Crippen molar-refractivity contribution < 1.29 is 23.8 Å². The summed E-state index contributed by atoms with van der Waals surface area (Å²) >= 11 is 0. The molecule has 9 nitrogen and oxygen atoms in total. The minimum Gasteiger partial charge on any atom is -0.493 e. The van der Waals surface area contributed by atoms with Crippen LogP contribution in [0.2, 0.25) is 0 Å². The molecule has 184 valence electrons. The van der Waals surface area contributed by atoms with Crippen molar-refractivity contribution in [3.63, 3.8) is 0 Å². The number of methoxy groups -OCH3 is 1. The van der Waals surface area contributed by atoms with Gasteiger partial charge in [-0.25, -0.2) is 14.8 Å². The number of hydrogen-bond acceptors (Lipinski definition) is 7. The molecule has 9 heteroatoms. The third-order valence-electron chi connectivity index (χ3n) is 6.28. The molecule has 2 aliphatic rings. The number of ether oxygens (including phenoxy) is 3. The molecule has 0 aliphatic carbocycles. The van der Waals surface area contributed by atoms with E-state index in [2.05, 4.69) is 9.97 Å². The van der Waals surface area contributed by atoms with Crippen LogP contribution >= 0.6 is 0 Å². The topological polar surface area (TPSA) is 94.1 Å². The van der Waals surface area contributed by atoms with E-state index in [0.29, 0.717) is 44.2 Å². The molecule has 3 heterocycles. The van der Waals surface area contributed by atoms with Crippen molar-refractivity contribution in [3.05, 3.63) is 24.2 Å². The molecule has 4 rings (SSSR count). The summed E-state index contributed by atoms with van der Waals surface area (Å²) in [6.45, 7) is 8.63. The van der Waals surface area contributed by atoms with Gasteiger partial charge in [0.2, 0.25) is 5.91 Å². The molecule has 0 radical (unpaired) electrons. The lowest BCUT2D eigenvalue weighted by Crippen LogP contribution is -2.41. The van der Waals surface area contributed by atoms with E-state index in [4.69, 9.17) is 14.2 Å². The average Bonchev–Trinajstić information content (AvgIpc) is 3.21. The van der Waals surface area contributed by atoms with Gasteiger partial charge in [0.25, 0.3) is 0 Å². The molecule has 2 fully saturated rings. The fourth-order valence-electron chi connectivity index (χ4n) is 4.55. The maximum absolute atomic E-state index is 12.4. The number of carbonyl (C=O) groups is 2. The fourth-order valence-corrected chi connectivity index (χ4v) is 4.55. The molecule has 0 saturated carbocycles. The first-order valence-electron chi connectivity index (χ1n) is 12.0. The second-order valence-electron chi connectivity index (χ2n) is 9.85. The Bertz CT molecular complexity index is 1040. The van der Waals surface area contributed by atoms with Crippen molar-refractivity contribution in [2.24, 2.45) is 0 Å². The van der Waals surface area contributed by atoms with E-state index in [1.165, 1.54) is 0 Å². The third-order valence-corrected chi connectivity index (χ3v) is 6.28. The number of carbonyl (C=O) groups excluding carboxylic acids is 2. The van der Waals surface area contributed by atoms with Crippen LogP contribution in [0.1, 0.15) is 58.1 Å². The number of rotatable bonds is 6. The first kappa shape index (κ1) is 24.0. The molecular formula is C25H34N4O5. The van der Waals surface area contributed by atoms with Crippen molar-refractivity contribution in [3.8, 4) is 11.5 Å². The van der Waals surface area contributed by atoms with Crippen molar-refractivity contribution in [1.82, 2.24) is 19.8 Å². The lowest BCUT2D eigenvalue weighted by Gasteiger charge is -2.33. The van der Waals surface area contributed by atoms with Crippen molar-refractivity contribution in [2.75, 3.05) is 39.9 Å². The van der Waals surface area contributed by atoms with E-state index >= 15 is 0 Å². The standard InChI is InChI=1S/C25H34N4O5/c1-25(2,3)34-24(31)29-10-7-17(8-11-29)23-18-14-20(32-4)21(15-19(18)26-16-27-23)33-13-12-28-9-5-6-22(28)30/h14-17H,5-13H2,1-4H3.